The number of allylic oxidation sites excluding steroid dienone is 2. The second-order valence-corrected chi connectivity index (χ2v) is 18.7. The molecule has 4 aromatic carbocycles. The van der Waals surface area contributed by atoms with Crippen molar-refractivity contribution in [1.82, 2.24) is 4.98 Å². The second-order valence-electron chi connectivity index (χ2n) is 13.7. The van der Waals surface area contributed by atoms with E-state index >= 15 is 0 Å². The van der Waals surface area contributed by atoms with Gasteiger partial charge in [-0.05, 0) is 54.0 Å². The van der Waals surface area contributed by atoms with Crippen LogP contribution in [0.3, 0.4) is 0 Å². The minimum atomic E-state index is -1.54. The van der Waals surface area contributed by atoms with Crippen LogP contribution in [0.2, 0.25) is 19.6 Å². The van der Waals surface area contributed by atoms with Crippen LogP contribution >= 0.6 is 0 Å². The summed E-state index contributed by atoms with van der Waals surface area (Å²) in [7, 11) is -1.54. The van der Waals surface area contributed by atoms with Crippen LogP contribution in [0.25, 0.3) is 44.4 Å². The zero-order valence-electron chi connectivity index (χ0n) is 30.4. The number of carbonyl (C=O) groups excluding carboxylic acids is 1. The van der Waals surface area contributed by atoms with Crippen LogP contribution < -0.4 is 5.19 Å². The van der Waals surface area contributed by atoms with E-state index in [2.05, 4.69) is 124 Å². The first-order valence-corrected chi connectivity index (χ1v) is 21.0. The first-order chi connectivity index (χ1) is 23.0. The number of ketones is 1. The number of aliphatic hydroxyl groups excluding tert-OH is 1. The van der Waals surface area contributed by atoms with Crippen molar-refractivity contribution in [3.8, 4) is 33.5 Å². The summed E-state index contributed by atoms with van der Waals surface area (Å²) in [5.41, 5.74) is 9.27. The van der Waals surface area contributed by atoms with Gasteiger partial charge in [-0.15, -0.1) is 29.3 Å². The first-order valence-electron chi connectivity index (χ1n) is 17.5. The van der Waals surface area contributed by atoms with E-state index in [1.165, 1.54) is 44.5 Å². The molecule has 5 heteroatoms. The van der Waals surface area contributed by atoms with Gasteiger partial charge in [-0.1, -0.05) is 149 Å². The van der Waals surface area contributed by atoms with Gasteiger partial charge in [-0.3, -0.25) is 9.78 Å². The summed E-state index contributed by atoms with van der Waals surface area (Å²) in [5, 5.41) is 12.4. The third kappa shape index (κ3) is 10.2. The molecule has 5 aromatic rings. The molecule has 0 aliphatic rings. The average Bonchev–Trinajstić information content (AvgIpc) is 3.09. The Hall–Kier alpha value is -3.63. The fourth-order valence-corrected chi connectivity index (χ4v) is 7.87. The smallest absolute Gasteiger partial charge is 0.162 e. The van der Waals surface area contributed by atoms with Gasteiger partial charge in [0.2, 0.25) is 0 Å². The van der Waals surface area contributed by atoms with Crippen LogP contribution in [0, 0.1) is 24.8 Å². The molecule has 49 heavy (non-hydrogen) atoms. The predicted octanol–water partition coefficient (Wildman–Crippen LogP) is 11.8. The molecule has 3 nitrogen and oxygen atoms in total. The minimum Gasteiger partial charge on any atom is -0.512 e. The molecule has 0 aliphatic carbocycles. The predicted molar refractivity (Wildman–Crippen MR) is 208 cm³/mol. The molecule has 259 valence electrons. The SMILES string of the molecule is CCC(CC)C(=O)/C=C(\O)C(CC)CC.Cc1cc(-c2ccc3cc([Si](C)(C)C)c(-c4ccccc4)cc3n2)[c-]cc1-c1ccccc1.[Ir]. The molecule has 0 unspecified atom stereocenters. The van der Waals surface area contributed by atoms with Gasteiger partial charge in [0.15, 0.2) is 5.78 Å². The van der Waals surface area contributed by atoms with E-state index in [-0.39, 0.29) is 43.5 Å². The molecule has 0 atom stereocenters. The maximum absolute atomic E-state index is 11.7. The Labute approximate surface area is 309 Å². The molecule has 0 saturated heterocycles. The molecule has 1 radical (unpaired) electrons. The molecule has 1 aromatic heterocycles. The monoisotopic (exact) mass is 847 g/mol. The van der Waals surface area contributed by atoms with E-state index in [0.29, 0.717) is 0 Å². The molecule has 0 aliphatic heterocycles. The second kappa shape index (κ2) is 18.4. The van der Waals surface area contributed by atoms with Crippen molar-refractivity contribution in [2.45, 2.75) is 79.9 Å². The van der Waals surface area contributed by atoms with Gasteiger partial charge in [0.1, 0.15) is 0 Å². The maximum atomic E-state index is 11.7. The van der Waals surface area contributed by atoms with Gasteiger partial charge in [0, 0.05) is 38.0 Å². The van der Waals surface area contributed by atoms with Crippen molar-refractivity contribution in [3.63, 3.8) is 0 Å². The number of aliphatic hydroxyl groups is 1. The van der Waals surface area contributed by atoms with Crippen LogP contribution in [0.15, 0.2) is 109 Å². The maximum Gasteiger partial charge on any atom is 0.162 e. The standard InChI is InChI=1S/C31H28NSi.C13H24O2.Ir/c1-22-19-25(15-17-27(22)23-11-7-5-8-12-23)29-18-16-26-20-31(33(2,3)4)28(21-30(26)32-29)24-13-9-6-10-14-24;1-5-10(6-2)12(14)9-13(15)11(7-3)8-4;/h5-14,16-21H,1-4H3;9-11,14H,5-8H2,1-4H3;/q-1;;/b;12-9-;. The fourth-order valence-electron chi connectivity index (χ4n) is 6.25. The largest absolute Gasteiger partial charge is 0.512 e. The molecular formula is C44H52IrNO2Si-. The molecule has 0 amide bonds. The number of aromatic nitrogens is 1. The Bertz CT molecular complexity index is 1840. The van der Waals surface area contributed by atoms with Gasteiger partial charge >= 0.3 is 0 Å². The summed E-state index contributed by atoms with van der Waals surface area (Å²) in [6.07, 6.45) is 4.91. The number of rotatable bonds is 11. The van der Waals surface area contributed by atoms with E-state index in [1.807, 2.05) is 33.8 Å². The fraction of sp³-hybridized carbons (Fsp3) is 0.318. The van der Waals surface area contributed by atoms with Gasteiger partial charge in [-0.2, -0.15) is 0 Å². The van der Waals surface area contributed by atoms with Gasteiger partial charge < -0.3 is 5.11 Å². The summed E-state index contributed by atoms with van der Waals surface area (Å²) >= 11 is 0. The summed E-state index contributed by atoms with van der Waals surface area (Å²) < 4.78 is 0. The van der Waals surface area contributed by atoms with Crippen molar-refractivity contribution >= 4 is 29.9 Å². The van der Waals surface area contributed by atoms with E-state index in [1.54, 1.807) is 0 Å². The average molecular weight is 847 g/mol. The normalized spacial score (nSPS) is 11.7. The number of carbonyl (C=O) groups is 1. The molecule has 0 saturated carbocycles. The van der Waals surface area contributed by atoms with E-state index in [4.69, 9.17) is 4.98 Å². The molecule has 1 N–H and O–H groups in total. The number of aryl methyl sites for hydroxylation is 1. The topological polar surface area (TPSA) is 50.2 Å². The zero-order valence-corrected chi connectivity index (χ0v) is 33.8. The number of nitrogens with zero attached hydrogens (tertiary/aromatic N) is 1. The summed E-state index contributed by atoms with van der Waals surface area (Å²) in [6, 6.07) is 38.0. The summed E-state index contributed by atoms with van der Waals surface area (Å²) in [4.78, 5) is 16.8. The van der Waals surface area contributed by atoms with Crippen molar-refractivity contribution in [3.05, 3.63) is 121 Å². The van der Waals surface area contributed by atoms with Crippen LogP contribution in [0.1, 0.15) is 58.9 Å². The number of hydrogen-bond donors (Lipinski definition) is 1. The molecular weight excluding hydrogens is 795 g/mol. The van der Waals surface area contributed by atoms with Crippen molar-refractivity contribution in [1.29, 1.82) is 0 Å². The molecule has 0 fully saturated rings. The summed E-state index contributed by atoms with van der Waals surface area (Å²) in [5.74, 6) is 0.547. The molecule has 1 heterocycles. The van der Waals surface area contributed by atoms with Crippen molar-refractivity contribution in [2.24, 2.45) is 11.8 Å². The first kappa shape index (κ1) is 39.8. The molecule has 0 bridgehead atoms. The summed E-state index contributed by atoms with van der Waals surface area (Å²) in [6.45, 7) is 17.5. The van der Waals surface area contributed by atoms with Crippen LogP contribution in [-0.4, -0.2) is 23.9 Å². The Morgan fingerprint density at radius 1 is 0.776 bits per heavy atom. The number of benzene rings is 4. The van der Waals surface area contributed by atoms with E-state index < -0.39 is 8.07 Å². The van der Waals surface area contributed by atoms with Crippen molar-refractivity contribution in [2.75, 3.05) is 0 Å². The van der Waals surface area contributed by atoms with Gasteiger partial charge in [-0.25, -0.2) is 0 Å². The number of hydrogen-bond acceptors (Lipinski definition) is 3. The van der Waals surface area contributed by atoms with Crippen LogP contribution in [0.5, 0.6) is 0 Å². The minimum absolute atomic E-state index is 0. The Kier molecular flexibility index (Phi) is 14.9. The third-order valence-electron chi connectivity index (χ3n) is 9.32. The Balaban J connectivity index is 0.000000347. The van der Waals surface area contributed by atoms with Crippen LogP contribution in [-0.2, 0) is 24.9 Å². The van der Waals surface area contributed by atoms with Crippen LogP contribution in [0.4, 0.5) is 0 Å². The van der Waals surface area contributed by atoms with Crippen molar-refractivity contribution < 1.29 is 30.0 Å². The zero-order chi connectivity index (χ0) is 34.8. The number of pyridine rings is 1. The molecule has 5 rings (SSSR count). The quantitative estimate of drug-likeness (QED) is 0.0623. The Morgan fingerprint density at radius 2 is 1.33 bits per heavy atom. The number of fused-ring (bicyclic) bond motifs is 1. The van der Waals surface area contributed by atoms with Gasteiger partial charge in [0.25, 0.3) is 0 Å². The Morgan fingerprint density at radius 3 is 1.84 bits per heavy atom. The van der Waals surface area contributed by atoms with E-state index in [0.717, 1.165) is 42.5 Å². The van der Waals surface area contributed by atoms with E-state index in [9.17, 15) is 9.90 Å². The van der Waals surface area contributed by atoms with Gasteiger partial charge in [0.05, 0.1) is 19.3 Å². The molecule has 0 spiro atoms. The third-order valence-corrected chi connectivity index (χ3v) is 11.4.